The van der Waals surface area contributed by atoms with Crippen LogP contribution in [-0.4, -0.2) is 22.8 Å². The number of hydrogen-bond donors (Lipinski definition) is 1. The van der Waals surface area contributed by atoms with Crippen LogP contribution < -0.4 is 5.32 Å². The van der Waals surface area contributed by atoms with Crippen molar-refractivity contribution in [2.75, 3.05) is 0 Å². The fourth-order valence-corrected chi connectivity index (χ4v) is 2.67. The first-order valence-electron chi connectivity index (χ1n) is 7.54. The first-order valence-corrected chi connectivity index (χ1v) is 7.54. The Labute approximate surface area is 135 Å². The smallest absolute Gasteiger partial charge is 0.268 e. The van der Waals surface area contributed by atoms with Crippen LogP contribution in [0.2, 0.25) is 0 Å². The number of benzene rings is 2. The summed E-state index contributed by atoms with van der Waals surface area (Å²) in [5, 5.41) is 2.75. The molecule has 4 nitrogen and oxygen atoms in total. The van der Waals surface area contributed by atoms with Crippen molar-refractivity contribution in [1.29, 1.82) is 0 Å². The minimum Gasteiger partial charge on any atom is -0.339 e. The van der Waals surface area contributed by atoms with Crippen molar-refractivity contribution < 1.29 is 9.59 Å². The first-order chi connectivity index (χ1) is 11.1. The number of nitrogens with one attached hydrogen (secondary N) is 1. The molecule has 1 fully saturated rings. The van der Waals surface area contributed by atoms with Gasteiger partial charge in [-0.2, -0.15) is 0 Å². The Morgan fingerprint density at radius 1 is 0.913 bits per heavy atom. The highest BCUT2D eigenvalue weighted by molar-refractivity contribution is 6.04. The summed E-state index contributed by atoms with van der Waals surface area (Å²) in [6.45, 7) is 4.12. The number of rotatable bonds is 4. The molecular formula is C19H18N2O2. The van der Waals surface area contributed by atoms with Crippen molar-refractivity contribution in [3.05, 3.63) is 84.1 Å². The first kappa shape index (κ1) is 15.0. The minimum absolute atomic E-state index is 0.123. The van der Waals surface area contributed by atoms with Gasteiger partial charge in [-0.3, -0.25) is 9.59 Å². The monoisotopic (exact) mass is 306 g/mol. The molecule has 0 bridgehead atoms. The predicted molar refractivity (Wildman–Crippen MR) is 88.2 cm³/mol. The fraction of sp³-hybridized carbons (Fsp3) is 0.158. The van der Waals surface area contributed by atoms with Gasteiger partial charge in [-0.25, -0.2) is 0 Å². The Hall–Kier alpha value is -2.88. The van der Waals surface area contributed by atoms with E-state index in [1.165, 1.54) is 4.90 Å². The molecule has 3 rings (SSSR count). The maximum Gasteiger partial charge on any atom is 0.268 e. The molecule has 1 heterocycles. The summed E-state index contributed by atoms with van der Waals surface area (Å²) < 4.78 is 0. The van der Waals surface area contributed by atoms with Gasteiger partial charge in [0.1, 0.15) is 11.7 Å². The average Bonchev–Trinajstić information content (AvgIpc) is 2.58. The fourth-order valence-electron chi connectivity index (χ4n) is 2.67. The van der Waals surface area contributed by atoms with Crippen molar-refractivity contribution in [3.63, 3.8) is 0 Å². The van der Waals surface area contributed by atoms with Crippen LogP contribution in [0, 0.1) is 0 Å². The van der Waals surface area contributed by atoms with Gasteiger partial charge in [0, 0.05) is 6.42 Å². The van der Waals surface area contributed by atoms with Crippen LogP contribution in [0.15, 0.2) is 72.9 Å². The molecule has 1 N–H and O–H groups in total. The minimum atomic E-state index is -0.556. The van der Waals surface area contributed by atoms with Crippen LogP contribution in [0.4, 0.5) is 0 Å². The molecule has 116 valence electrons. The van der Waals surface area contributed by atoms with Gasteiger partial charge in [0.25, 0.3) is 5.91 Å². The number of carbonyl (C=O) groups excluding carboxylic acids is 2. The van der Waals surface area contributed by atoms with Crippen molar-refractivity contribution >= 4 is 11.8 Å². The summed E-state index contributed by atoms with van der Waals surface area (Å²) in [5.41, 5.74) is 2.18. The lowest BCUT2D eigenvalue weighted by Crippen LogP contribution is -2.56. The summed E-state index contributed by atoms with van der Waals surface area (Å²) in [6.07, 6.45) is 0.476. The normalized spacial score (nSPS) is 18.0. The van der Waals surface area contributed by atoms with E-state index >= 15 is 0 Å². The van der Waals surface area contributed by atoms with E-state index in [2.05, 4.69) is 11.9 Å². The third kappa shape index (κ3) is 3.31. The average molecular weight is 306 g/mol. The molecule has 2 aromatic carbocycles. The van der Waals surface area contributed by atoms with E-state index in [1.807, 2.05) is 60.7 Å². The summed E-state index contributed by atoms with van der Waals surface area (Å²) in [6, 6.07) is 18.7. The SMILES string of the molecule is C=C1C(=O)N[C@@H](Cc2ccccc2)C(=O)N1Cc1ccccc1. The maximum atomic E-state index is 12.7. The number of amides is 2. The zero-order valence-corrected chi connectivity index (χ0v) is 12.7. The summed E-state index contributed by atoms with van der Waals surface area (Å²) in [4.78, 5) is 26.4. The van der Waals surface area contributed by atoms with E-state index in [0.29, 0.717) is 13.0 Å². The molecular weight excluding hydrogens is 288 g/mol. The molecule has 2 aromatic rings. The molecule has 0 unspecified atom stereocenters. The molecule has 2 amide bonds. The van der Waals surface area contributed by atoms with E-state index in [-0.39, 0.29) is 17.5 Å². The van der Waals surface area contributed by atoms with E-state index in [4.69, 9.17) is 0 Å². The van der Waals surface area contributed by atoms with Crippen LogP contribution in [0.25, 0.3) is 0 Å². The molecule has 0 radical (unpaired) electrons. The van der Waals surface area contributed by atoms with Gasteiger partial charge in [0.05, 0.1) is 6.54 Å². The van der Waals surface area contributed by atoms with E-state index in [0.717, 1.165) is 11.1 Å². The van der Waals surface area contributed by atoms with Crippen LogP contribution in [0.5, 0.6) is 0 Å². The molecule has 1 aliphatic rings. The largest absolute Gasteiger partial charge is 0.339 e. The van der Waals surface area contributed by atoms with E-state index in [9.17, 15) is 9.59 Å². The van der Waals surface area contributed by atoms with Crippen molar-refractivity contribution in [1.82, 2.24) is 10.2 Å². The lowest BCUT2D eigenvalue weighted by Gasteiger charge is -2.34. The standard InChI is InChI=1S/C19H18N2O2/c1-14-18(22)20-17(12-15-8-4-2-5-9-15)19(23)21(14)13-16-10-6-3-7-11-16/h2-11,17H,1,12-13H2,(H,20,22)/t17-/m0/s1. The van der Waals surface area contributed by atoms with Gasteiger partial charge >= 0.3 is 0 Å². The molecule has 1 atom stereocenters. The molecule has 4 heteroatoms. The summed E-state index contributed by atoms with van der Waals surface area (Å²) in [7, 11) is 0. The Kier molecular flexibility index (Phi) is 4.24. The highest BCUT2D eigenvalue weighted by Gasteiger charge is 2.35. The third-order valence-electron chi connectivity index (χ3n) is 3.92. The van der Waals surface area contributed by atoms with Gasteiger partial charge in [-0.05, 0) is 11.1 Å². The second-order valence-electron chi connectivity index (χ2n) is 5.57. The second-order valence-corrected chi connectivity index (χ2v) is 5.57. The third-order valence-corrected chi connectivity index (χ3v) is 3.92. The quantitative estimate of drug-likeness (QED) is 0.881. The van der Waals surface area contributed by atoms with Gasteiger partial charge in [-0.1, -0.05) is 67.2 Å². The topological polar surface area (TPSA) is 49.4 Å². The summed E-state index contributed by atoms with van der Waals surface area (Å²) in [5.74, 6) is -0.413. The van der Waals surface area contributed by atoms with Gasteiger partial charge < -0.3 is 10.2 Å². The van der Waals surface area contributed by atoms with Crippen LogP contribution in [0.1, 0.15) is 11.1 Å². The molecule has 0 saturated carbocycles. The molecule has 0 aliphatic carbocycles. The van der Waals surface area contributed by atoms with Crippen molar-refractivity contribution in [3.8, 4) is 0 Å². The van der Waals surface area contributed by atoms with Gasteiger partial charge in [-0.15, -0.1) is 0 Å². The van der Waals surface area contributed by atoms with Crippen LogP contribution in [-0.2, 0) is 22.6 Å². The highest BCUT2D eigenvalue weighted by Crippen LogP contribution is 2.18. The Bertz CT molecular complexity index is 726. The highest BCUT2D eigenvalue weighted by atomic mass is 16.2. The van der Waals surface area contributed by atoms with Crippen LogP contribution >= 0.6 is 0 Å². The van der Waals surface area contributed by atoms with Crippen molar-refractivity contribution in [2.24, 2.45) is 0 Å². The molecule has 1 aliphatic heterocycles. The Morgan fingerprint density at radius 3 is 2.09 bits per heavy atom. The second kappa shape index (κ2) is 6.48. The number of hydrogen-bond acceptors (Lipinski definition) is 2. The molecule has 0 aromatic heterocycles. The number of nitrogens with zero attached hydrogens (tertiary/aromatic N) is 1. The van der Waals surface area contributed by atoms with E-state index < -0.39 is 6.04 Å². The number of carbonyl (C=O) groups is 2. The molecule has 23 heavy (non-hydrogen) atoms. The van der Waals surface area contributed by atoms with Gasteiger partial charge in [0.2, 0.25) is 5.91 Å². The lowest BCUT2D eigenvalue weighted by atomic mass is 10.0. The Morgan fingerprint density at radius 2 is 1.48 bits per heavy atom. The maximum absolute atomic E-state index is 12.7. The van der Waals surface area contributed by atoms with Crippen molar-refractivity contribution in [2.45, 2.75) is 19.0 Å². The molecule has 0 spiro atoms. The Balaban J connectivity index is 1.79. The zero-order chi connectivity index (χ0) is 16.2. The number of piperazine rings is 1. The van der Waals surface area contributed by atoms with Crippen LogP contribution in [0.3, 0.4) is 0 Å². The van der Waals surface area contributed by atoms with Gasteiger partial charge in [0.15, 0.2) is 0 Å². The lowest BCUT2D eigenvalue weighted by molar-refractivity contribution is -0.140. The predicted octanol–water partition coefficient (Wildman–Crippen LogP) is 2.27. The summed E-state index contributed by atoms with van der Waals surface area (Å²) >= 11 is 0. The molecule has 1 saturated heterocycles. The zero-order valence-electron chi connectivity index (χ0n) is 12.7. The van der Waals surface area contributed by atoms with E-state index in [1.54, 1.807) is 0 Å².